The Morgan fingerprint density at radius 3 is 2.00 bits per heavy atom. The van der Waals surface area contributed by atoms with E-state index in [4.69, 9.17) is 0 Å². The van der Waals surface area contributed by atoms with Crippen molar-refractivity contribution < 1.29 is 8.42 Å². The molecule has 1 N–H and O–H groups in total. The number of hydrogen-bond donors (Lipinski definition) is 1. The molecule has 0 radical (unpaired) electrons. The molecule has 3 aromatic rings. The van der Waals surface area contributed by atoms with Gasteiger partial charge in [0.05, 0.1) is 9.80 Å². The normalized spacial score (nSPS) is 12.0. The molecular weight excluding hydrogens is 330 g/mol. The molecule has 0 unspecified atom stereocenters. The van der Waals surface area contributed by atoms with E-state index in [-0.39, 0.29) is 9.80 Å². The molecule has 25 heavy (non-hydrogen) atoms. The van der Waals surface area contributed by atoms with Crippen LogP contribution in [0.25, 0.3) is 11.0 Å². The maximum Gasteiger partial charge on any atom is 0.207 e. The Morgan fingerprint density at radius 2 is 1.36 bits per heavy atom. The lowest BCUT2D eigenvalue weighted by Gasteiger charge is -2.14. The largest absolute Gasteiger partial charge is 0.388 e. The van der Waals surface area contributed by atoms with Gasteiger partial charge in [-0.05, 0) is 29.8 Å². The monoisotopic (exact) mass is 349 g/mol. The minimum absolute atomic E-state index is 0.273. The average molecular weight is 349 g/mol. The highest BCUT2D eigenvalue weighted by Gasteiger charge is 2.24. The zero-order chi connectivity index (χ0) is 17.7. The van der Waals surface area contributed by atoms with Gasteiger partial charge in [0.25, 0.3) is 0 Å². The predicted octanol–water partition coefficient (Wildman–Crippen LogP) is 4.70. The third kappa shape index (κ3) is 3.64. The van der Waals surface area contributed by atoms with Crippen LogP contribution in [0.3, 0.4) is 0 Å². The minimum atomic E-state index is -3.66. The van der Waals surface area contributed by atoms with Gasteiger partial charge in [-0.2, -0.15) is 0 Å². The van der Waals surface area contributed by atoms with Crippen molar-refractivity contribution in [2.45, 2.75) is 4.90 Å². The van der Waals surface area contributed by atoms with E-state index in [0.29, 0.717) is 5.56 Å². The molecule has 0 aliphatic rings. The first-order chi connectivity index (χ1) is 12.1. The highest BCUT2D eigenvalue weighted by molar-refractivity contribution is 8.00. The molecule has 0 fully saturated rings. The highest BCUT2D eigenvalue weighted by atomic mass is 32.2. The van der Waals surface area contributed by atoms with Gasteiger partial charge in [0.15, 0.2) is 0 Å². The number of nitrogens with one attached hydrogen (secondary N) is 1. The molecule has 0 spiro atoms. The first-order valence-electron chi connectivity index (χ1n) is 7.97. The summed E-state index contributed by atoms with van der Waals surface area (Å²) in [4.78, 5) is 0.554. The van der Waals surface area contributed by atoms with Crippen LogP contribution in [-0.4, -0.2) is 15.5 Å². The smallest absolute Gasteiger partial charge is 0.207 e. The van der Waals surface area contributed by atoms with Gasteiger partial charge in [0, 0.05) is 18.3 Å². The summed E-state index contributed by atoms with van der Waals surface area (Å²) in [6.07, 6.45) is 1.72. The fourth-order valence-corrected chi connectivity index (χ4v) is 4.17. The number of benzene rings is 3. The number of sulfone groups is 1. The Labute approximate surface area is 148 Å². The second-order valence-corrected chi connectivity index (χ2v) is 7.45. The van der Waals surface area contributed by atoms with E-state index in [1.165, 1.54) is 0 Å². The zero-order valence-corrected chi connectivity index (χ0v) is 14.7. The number of rotatable bonds is 5. The molecule has 0 heterocycles. The fourth-order valence-electron chi connectivity index (χ4n) is 2.64. The van der Waals surface area contributed by atoms with Gasteiger partial charge >= 0.3 is 0 Å². The standard InChI is InChI=1S/C21H19NO2S/c1-22-20-15-9-8-14-19(20)21(16-17-10-4-2-5-11-17)25(23,24)18-12-6-3-7-13-18/h2-16,22H,1H3/b21-16-. The number of hydrogen-bond acceptors (Lipinski definition) is 3. The molecule has 0 saturated carbocycles. The van der Waals surface area contributed by atoms with Crippen molar-refractivity contribution in [1.29, 1.82) is 0 Å². The zero-order valence-electron chi connectivity index (χ0n) is 13.9. The lowest BCUT2D eigenvalue weighted by Crippen LogP contribution is -2.06. The molecular formula is C21H19NO2S. The maximum atomic E-state index is 13.3. The summed E-state index contributed by atoms with van der Waals surface area (Å²) < 4.78 is 26.6. The van der Waals surface area contributed by atoms with E-state index in [9.17, 15) is 8.42 Å². The number of para-hydroxylation sites is 1. The van der Waals surface area contributed by atoms with E-state index in [2.05, 4.69) is 5.32 Å². The van der Waals surface area contributed by atoms with E-state index in [0.717, 1.165) is 11.3 Å². The van der Waals surface area contributed by atoms with Crippen LogP contribution in [0.2, 0.25) is 0 Å². The topological polar surface area (TPSA) is 46.2 Å². The summed E-state index contributed by atoms with van der Waals surface area (Å²) in [5, 5.41) is 3.08. The van der Waals surface area contributed by atoms with Gasteiger partial charge < -0.3 is 5.32 Å². The van der Waals surface area contributed by atoms with E-state index in [1.807, 2.05) is 54.6 Å². The van der Waals surface area contributed by atoms with E-state index in [1.54, 1.807) is 43.5 Å². The fraction of sp³-hybridized carbons (Fsp3) is 0.0476. The molecule has 0 saturated heterocycles. The molecule has 0 amide bonds. The van der Waals surface area contributed by atoms with Crippen LogP contribution in [0.5, 0.6) is 0 Å². The van der Waals surface area contributed by atoms with Crippen LogP contribution in [0, 0.1) is 0 Å². The Bertz CT molecular complexity index is 979. The van der Waals surface area contributed by atoms with Crippen LogP contribution < -0.4 is 5.32 Å². The second-order valence-electron chi connectivity index (χ2n) is 5.53. The molecule has 4 heteroatoms. The van der Waals surface area contributed by atoms with Crippen LogP contribution in [0.15, 0.2) is 89.8 Å². The molecule has 126 valence electrons. The Kier molecular flexibility index (Phi) is 5.00. The Balaban J connectivity index is 2.25. The molecule has 3 aromatic carbocycles. The maximum absolute atomic E-state index is 13.3. The van der Waals surface area contributed by atoms with Crippen molar-refractivity contribution in [2.75, 3.05) is 12.4 Å². The third-order valence-electron chi connectivity index (χ3n) is 3.90. The van der Waals surface area contributed by atoms with Crippen molar-refractivity contribution >= 4 is 26.5 Å². The minimum Gasteiger partial charge on any atom is -0.388 e. The Hall–Kier alpha value is -2.85. The third-order valence-corrected chi connectivity index (χ3v) is 5.71. The lowest BCUT2D eigenvalue weighted by atomic mass is 10.1. The van der Waals surface area contributed by atoms with Crippen molar-refractivity contribution in [3.05, 3.63) is 96.1 Å². The van der Waals surface area contributed by atoms with Gasteiger partial charge in [0.1, 0.15) is 0 Å². The molecule has 0 aliphatic carbocycles. The summed E-state index contributed by atoms with van der Waals surface area (Å²) >= 11 is 0. The average Bonchev–Trinajstić information content (AvgIpc) is 2.67. The molecule has 0 aromatic heterocycles. The van der Waals surface area contributed by atoms with Gasteiger partial charge in [-0.15, -0.1) is 0 Å². The van der Waals surface area contributed by atoms with Crippen molar-refractivity contribution in [3.63, 3.8) is 0 Å². The summed E-state index contributed by atoms with van der Waals surface area (Å²) in [7, 11) is -1.88. The summed E-state index contributed by atoms with van der Waals surface area (Å²) in [5.74, 6) is 0. The SMILES string of the molecule is CNc1ccccc1/C(=C/c1ccccc1)S(=O)(=O)c1ccccc1. The second kappa shape index (κ2) is 7.36. The number of anilines is 1. The molecule has 3 nitrogen and oxygen atoms in total. The van der Waals surface area contributed by atoms with Gasteiger partial charge in [-0.3, -0.25) is 0 Å². The van der Waals surface area contributed by atoms with E-state index < -0.39 is 9.84 Å². The van der Waals surface area contributed by atoms with Crippen molar-refractivity contribution in [3.8, 4) is 0 Å². The lowest BCUT2D eigenvalue weighted by molar-refractivity contribution is 0.606. The molecule has 0 bridgehead atoms. The Morgan fingerprint density at radius 1 is 0.800 bits per heavy atom. The summed E-state index contributed by atoms with van der Waals surface area (Å²) in [6, 6.07) is 25.4. The van der Waals surface area contributed by atoms with Crippen molar-refractivity contribution in [1.82, 2.24) is 0 Å². The first kappa shape index (κ1) is 17.0. The van der Waals surface area contributed by atoms with E-state index >= 15 is 0 Å². The van der Waals surface area contributed by atoms with Crippen LogP contribution in [0.4, 0.5) is 5.69 Å². The van der Waals surface area contributed by atoms with Crippen molar-refractivity contribution in [2.24, 2.45) is 0 Å². The van der Waals surface area contributed by atoms with Crippen LogP contribution in [0.1, 0.15) is 11.1 Å². The summed E-state index contributed by atoms with van der Waals surface area (Å²) in [6.45, 7) is 0. The van der Waals surface area contributed by atoms with Gasteiger partial charge in [-0.25, -0.2) is 8.42 Å². The highest BCUT2D eigenvalue weighted by Crippen LogP contribution is 2.33. The molecule has 3 rings (SSSR count). The summed E-state index contributed by atoms with van der Waals surface area (Å²) in [5.41, 5.74) is 2.25. The quantitative estimate of drug-likeness (QED) is 0.679. The van der Waals surface area contributed by atoms with Crippen LogP contribution >= 0.6 is 0 Å². The van der Waals surface area contributed by atoms with Crippen LogP contribution in [-0.2, 0) is 9.84 Å². The van der Waals surface area contributed by atoms with Gasteiger partial charge in [-0.1, -0.05) is 66.7 Å². The predicted molar refractivity (Wildman–Crippen MR) is 104 cm³/mol. The van der Waals surface area contributed by atoms with Gasteiger partial charge in [0.2, 0.25) is 9.84 Å². The molecule has 0 aliphatic heterocycles. The molecule has 0 atom stereocenters. The first-order valence-corrected chi connectivity index (χ1v) is 9.45.